The van der Waals surface area contributed by atoms with Crippen LogP contribution < -0.4 is 4.90 Å². The molecule has 0 aromatic carbocycles. The molecule has 158 valence electrons. The summed E-state index contributed by atoms with van der Waals surface area (Å²) in [4.78, 5) is 20.3. The Morgan fingerprint density at radius 3 is 2.69 bits per heavy atom. The van der Waals surface area contributed by atoms with Crippen LogP contribution in [0.2, 0.25) is 0 Å². The number of aryl methyl sites for hydroxylation is 1. The van der Waals surface area contributed by atoms with Crippen LogP contribution in [0.5, 0.6) is 0 Å². The van der Waals surface area contributed by atoms with Gasteiger partial charge in [-0.05, 0) is 37.6 Å². The van der Waals surface area contributed by atoms with Crippen LogP contribution in [-0.4, -0.2) is 39.3 Å². The Morgan fingerprint density at radius 1 is 1.09 bits per heavy atom. The second-order valence-corrected chi connectivity index (χ2v) is 7.55. The summed E-state index contributed by atoms with van der Waals surface area (Å²) in [5.74, 6) is 2.99. The minimum Gasteiger partial charge on any atom is -0.314 e. The lowest BCUT2D eigenvalue weighted by Gasteiger charge is -2.38. The summed E-state index contributed by atoms with van der Waals surface area (Å²) < 4.78 is 17.1. The molecule has 0 unspecified atom stereocenters. The van der Waals surface area contributed by atoms with Gasteiger partial charge in [-0.1, -0.05) is 13.0 Å². The first kappa shape index (κ1) is 18.6. The molecule has 10 heteroatoms. The summed E-state index contributed by atoms with van der Waals surface area (Å²) in [5, 5.41) is 8.75. The summed E-state index contributed by atoms with van der Waals surface area (Å²) in [6, 6.07) is 2.93. The Balaban J connectivity index is 1.53. The van der Waals surface area contributed by atoms with Gasteiger partial charge >= 0.3 is 0 Å². The zero-order valence-electron chi connectivity index (χ0n) is 17.4. The average Bonchev–Trinajstić information content (AvgIpc) is 3.40. The molecule has 1 aliphatic heterocycles. The van der Waals surface area contributed by atoms with E-state index in [0.29, 0.717) is 17.5 Å². The molecule has 4 aromatic heterocycles. The topological polar surface area (TPSA) is 90.4 Å². The van der Waals surface area contributed by atoms with Crippen molar-refractivity contribution in [2.24, 2.45) is 0 Å². The van der Waals surface area contributed by atoms with Crippen LogP contribution in [0.15, 0.2) is 60.8 Å². The van der Waals surface area contributed by atoms with E-state index in [4.69, 9.17) is 4.98 Å². The van der Waals surface area contributed by atoms with E-state index in [0.717, 1.165) is 35.3 Å². The van der Waals surface area contributed by atoms with E-state index in [1.807, 2.05) is 17.6 Å². The van der Waals surface area contributed by atoms with Gasteiger partial charge in [-0.2, -0.15) is 4.98 Å². The van der Waals surface area contributed by atoms with Crippen LogP contribution in [0.1, 0.15) is 31.0 Å². The lowest BCUT2D eigenvalue weighted by Crippen LogP contribution is -2.36. The molecule has 1 atom stereocenters. The average molecular weight is 427 g/mol. The largest absolute Gasteiger partial charge is 0.314 e. The standard InChI is InChI=1S/C22H18FN9/c1-3-17-21-29-28-13(2)31(21)18-12-26-22(27-20(18)32(17)15-5-4-6-15)30-10-9-24-19(30)16-8-7-14(23)11-25-16/h4-12,17H,3H2,1-2H3/t17-/m1/s1. The van der Waals surface area contributed by atoms with E-state index in [1.165, 1.54) is 12.3 Å². The monoisotopic (exact) mass is 427 g/mol. The number of nitrogens with zero attached hydrogens (tertiary/aromatic N) is 9. The maximum Gasteiger partial charge on any atom is 0.237 e. The molecule has 0 fully saturated rings. The van der Waals surface area contributed by atoms with Gasteiger partial charge in [0.25, 0.3) is 0 Å². The summed E-state index contributed by atoms with van der Waals surface area (Å²) in [7, 11) is 0. The van der Waals surface area contributed by atoms with Crippen molar-refractivity contribution < 1.29 is 4.39 Å². The zero-order chi connectivity index (χ0) is 21.8. The SMILES string of the molecule is CC[C@@H]1c2nnc(C)n2-c2cnc(-n3ccnc3-c3ccc(F)cn3)nc2N1C1=CC=C1. The predicted octanol–water partition coefficient (Wildman–Crippen LogP) is 3.48. The molecule has 1 aliphatic carbocycles. The zero-order valence-corrected chi connectivity index (χ0v) is 17.4. The smallest absolute Gasteiger partial charge is 0.237 e. The van der Waals surface area contributed by atoms with Gasteiger partial charge in [0.1, 0.15) is 23.0 Å². The van der Waals surface area contributed by atoms with Gasteiger partial charge in [0.15, 0.2) is 17.5 Å². The van der Waals surface area contributed by atoms with E-state index in [9.17, 15) is 4.39 Å². The molecule has 0 amide bonds. The van der Waals surface area contributed by atoms with Gasteiger partial charge < -0.3 is 4.90 Å². The third-order valence-corrected chi connectivity index (χ3v) is 5.68. The maximum atomic E-state index is 13.4. The molecule has 0 radical (unpaired) electrons. The molecule has 4 aromatic rings. The maximum absolute atomic E-state index is 13.4. The number of anilines is 1. The van der Waals surface area contributed by atoms with Crippen LogP contribution in [0.25, 0.3) is 23.2 Å². The summed E-state index contributed by atoms with van der Waals surface area (Å²) in [5.41, 5.74) is 2.40. The van der Waals surface area contributed by atoms with Gasteiger partial charge in [-0.25, -0.2) is 19.3 Å². The van der Waals surface area contributed by atoms with Crippen molar-refractivity contribution >= 4 is 5.82 Å². The number of rotatable bonds is 4. The van der Waals surface area contributed by atoms with E-state index in [-0.39, 0.29) is 6.04 Å². The Labute approximate surface area is 182 Å². The Morgan fingerprint density at radius 2 is 1.97 bits per heavy atom. The van der Waals surface area contributed by atoms with Crippen molar-refractivity contribution in [3.05, 3.63) is 78.3 Å². The lowest BCUT2D eigenvalue weighted by atomic mass is 10.0. The first-order chi connectivity index (χ1) is 15.7. The third-order valence-electron chi connectivity index (χ3n) is 5.68. The summed E-state index contributed by atoms with van der Waals surface area (Å²) in [6.07, 6.45) is 13.3. The highest BCUT2D eigenvalue weighted by atomic mass is 19.1. The van der Waals surface area contributed by atoms with Crippen LogP contribution in [0, 0.1) is 12.7 Å². The first-order valence-electron chi connectivity index (χ1n) is 10.3. The second kappa shape index (κ2) is 6.91. The number of aromatic nitrogens is 8. The van der Waals surface area contributed by atoms with E-state index in [2.05, 4.69) is 49.1 Å². The number of fused-ring (bicyclic) bond motifs is 3. The second-order valence-electron chi connectivity index (χ2n) is 7.55. The van der Waals surface area contributed by atoms with Gasteiger partial charge in [0, 0.05) is 18.1 Å². The number of imidazole rings is 1. The number of hydrogen-bond donors (Lipinski definition) is 0. The third kappa shape index (κ3) is 2.62. The molecule has 9 nitrogen and oxygen atoms in total. The van der Waals surface area contributed by atoms with Gasteiger partial charge in [0.2, 0.25) is 5.95 Å². The normalized spacial score (nSPS) is 16.4. The van der Waals surface area contributed by atoms with E-state index in [1.54, 1.807) is 29.2 Å². The van der Waals surface area contributed by atoms with E-state index < -0.39 is 5.82 Å². The molecule has 0 N–H and O–H groups in total. The van der Waals surface area contributed by atoms with Crippen molar-refractivity contribution in [1.82, 2.24) is 39.3 Å². The van der Waals surface area contributed by atoms with Gasteiger partial charge in [0.05, 0.1) is 18.4 Å². The first-order valence-corrected chi connectivity index (χ1v) is 10.3. The molecule has 6 rings (SSSR count). The Bertz CT molecular complexity index is 1400. The number of halogens is 1. The fourth-order valence-corrected chi connectivity index (χ4v) is 4.14. The highest BCUT2D eigenvalue weighted by molar-refractivity contribution is 5.69. The number of allylic oxidation sites excluding steroid dienone is 3. The molecule has 32 heavy (non-hydrogen) atoms. The Kier molecular flexibility index (Phi) is 4.00. The van der Waals surface area contributed by atoms with Gasteiger partial charge in [-0.15, -0.1) is 10.2 Å². The highest BCUT2D eigenvalue weighted by Crippen LogP contribution is 2.42. The van der Waals surface area contributed by atoms with E-state index >= 15 is 0 Å². The Hall–Kier alpha value is -4.21. The minimum atomic E-state index is -0.403. The molecule has 0 saturated carbocycles. The van der Waals surface area contributed by atoms with Crippen LogP contribution in [-0.2, 0) is 0 Å². The highest BCUT2D eigenvalue weighted by Gasteiger charge is 2.37. The van der Waals surface area contributed by atoms with Crippen molar-refractivity contribution in [2.75, 3.05) is 4.90 Å². The van der Waals surface area contributed by atoms with Crippen molar-refractivity contribution in [2.45, 2.75) is 26.3 Å². The van der Waals surface area contributed by atoms with Crippen LogP contribution in [0.4, 0.5) is 10.2 Å². The fraction of sp³-hybridized carbons (Fsp3) is 0.182. The minimum absolute atomic E-state index is 0.0105. The predicted molar refractivity (Wildman–Crippen MR) is 115 cm³/mol. The number of pyridine rings is 1. The molecular formula is C22H18FN9. The molecular weight excluding hydrogens is 409 g/mol. The van der Waals surface area contributed by atoms with Crippen LogP contribution in [0.3, 0.4) is 0 Å². The molecule has 0 spiro atoms. The quantitative estimate of drug-likeness (QED) is 0.492. The summed E-state index contributed by atoms with van der Waals surface area (Å²) >= 11 is 0. The van der Waals surface area contributed by atoms with Crippen LogP contribution >= 0.6 is 0 Å². The van der Waals surface area contributed by atoms with Crippen molar-refractivity contribution in [1.29, 1.82) is 0 Å². The molecule has 0 saturated heterocycles. The van der Waals surface area contributed by atoms with Crippen molar-refractivity contribution in [3.63, 3.8) is 0 Å². The molecule has 0 bridgehead atoms. The number of hydrogen-bond acceptors (Lipinski definition) is 7. The molecule has 5 heterocycles. The lowest BCUT2D eigenvalue weighted by molar-refractivity contribution is 0.572. The summed E-state index contributed by atoms with van der Waals surface area (Å²) in [6.45, 7) is 4.05. The fourth-order valence-electron chi connectivity index (χ4n) is 4.14. The van der Waals surface area contributed by atoms with Crippen molar-refractivity contribution in [3.8, 4) is 23.2 Å². The van der Waals surface area contributed by atoms with Gasteiger partial charge in [-0.3, -0.25) is 9.13 Å². The molecule has 2 aliphatic rings.